The molecule has 2 N–H and O–H groups in total. The van der Waals surface area contributed by atoms with E-state index >= 15 is 0 Å². The fourth-order valence-electron chi connectivity index (χ4n) is 2.73. The number of carboxylic acid groups (broad SMARTS) is 1. The zero-order valence-corrected chi connectivity index (χ0v) is 11.4. The summed E-state index contributed by atoms with van der Waals surface area (Å²) in [6.45, 7) is 1.95. The van der Waals surface area contributed by atoms with Gasteiger partial charge in [0.1, 0.15) is 0 Å². The van der Waals surface area contributed by atoms with Crippen molar-refractivity contribution in [1.82, 2.24) is 4.98 Å². The van der Waals surface area contributed by atoms with E-state index in [1.165, 1.54) is 6.08 Å². The van der Waals surface area contributed by atoms with Crippen molar-refractivity contribution >= 4 is 28.2 Å². The molecule has 0 bridgehead atoms. The first-order valence-corrected chi connectivity index (χ1v) is 6.69. The van der Waals surface area contributed by atoms with Crippen LogP contribution in [0.4, 0.5) is 0 Å². The largest absolute Gasteiger partial charge is 0.478 e. The number of para-hydroxylation sites is 1. The van der Waals surface area contributed by atoms with Gasteiger partial charge in [-0.3, -0.25) is 9.59 Å². The first kappa shape index (κ1) is 13.3. The van der Waals surface area contributed by atoms with Gasteiger partial charge in [-0.15, -0.1) is 0 Å². The number of pyridine rings is 1. The van der Waals surface area contributed by atoms with Crippen molar-refractivity contribution in [3.05, 3.63) is 51.3 Å². The fourth-order valence-corrected chi connectivity index (χ4v) is 2.73. The van der Waals surface area contributed by atoms with E-state index in [2.05, 4.69) is 4.98 Å². The van der Waals surface area contributed by atoms with E-state index in [1.807, 2.05) is 13.0 Å². The minimum atomic E-state index is -1.15. The third-order valence-electron chi connectivity index (χ3n) is 3.77. The Kier molecular flexibility index (Phi) is 2.97. The smallest absolute Gasteiger partial charge is 0.337 e. The van der Waals surface area contributed by atoms with Crippen molar-refractivity contribution < 1.29 is 14.7 Å². The summed E-state index contributed by atoms with van der Waals surface area (Å²) in [7, 11) is 0. The average Bonchev–Trinajstić information content (AvgIpc) is 2.46. The highest BCUT2D eigenvalue weighted by atomic mass is 16.4. The van der Waals surface area contributed by atoms with Crippen LogP contribution in [0.5, 0.6) is 0 Å². The lowest BCUT2D eigenvalue weighted by atomic mass is 9.92. The van der Waals surface area contributed by atoms with Crippen LogP contribution in [0.1, 0.15) is 35.0 Å². The average molecular weight is 283 g/mol. The van der Waals surface area contributed by atoms with Crippen LogP contribution in [0.25, 0.3) is 16.5 Å². The predicted molar refractivity (Wildman–Crippen MR) is 78.5 cm³/mol. The van der Waals surface area contributed by atoms with E-state index in [-0.39, 0.29) is 29.0 Å². The second-order valence-electron chi connectivity index (χ2n) is 4.95. The zero-order chi connectivity index (χ0) is 15.1. The summed E-state index contributed by atoms with van der Waals surface area (Å²) < 4.78 is 0. The molecule has 0 aliphatic heterocycles. The Morgan fingerprint density at radius 2 is 2.10 bits per heavy atom. The molecule has 1 aliphatic carbocycles. The number of carbonyl (C=O) groups is 2. The number of allylic oxidation sites excluding steroid dienone is 1. The van der Waals surface area contributed by atoms with Crippen LogP contribution in [-0.2, 0) is 11.2 Å². The molecule has 0 saturated carbocycles. The molecule has 5 nitrogen and oxygen atoms in total. The van der Waals surface area contributed by atoms with E-state index in [4.69, 9.17) is 0 Å². The standard InChI is InChI=1S/C16H13NO4/c1-2-8-4-3-5-9-13(8)17-14-10(16(20)21)6-7-11(18)12(14)15(9)19/h3-6H,2,7H2,1H3,(H,17,19)(H,20,21). The molecule has 0 radical (unpaired) electrons. The molecule has 5 heteroatoms. The third-order valence-corrected chi connectivity index (χ3v) is 3.77. The monoisotopic (exact) mass is 283 g/mol. The number of aromatic amines is 1. The maximum absolute atomic E-state index is 12.6. The van der Waals surface area contributed by atoms with E-state index in [1.54, 1.807) is 12.1 Å². The van der Waals surface area contributed by atoms with Crippen molar-refractivity contribution in [3.8, 4) is 0 Å². The summed E-state index contributed by atoms with van der Waals surface area (Å²) in [6.07, 6.45) is 1.99. The molecule has 106 valence electrons. The van der Waals surface area contributed by atoms with Gasteiger partial charge in [0.05, 0.1) is 22.3 Å². The molecule has 0 amide bonds. The van der Waals surface area contributed by atoms with Crippen LogP contribution in [-0.4, -0.2) is 21.8 Å². The number of fused-ring (bicyclic) bond motifs is 2. The summed E-state index contributed by atoms with van der Waals surface area (Å²) in [5, 5.41) is 9.68. The Morgan fingerprint density at radius 1 is 1.33 bits per heavy atom. The normalized spacial score (nSPS) is 14.0. The number of hydrogen-bond acceptors (Lipinski definition) is 3. The maximum Gasteiger partial charge on any atom is 0.337 e. The number of ketones is 1. The molecule has 21 heavy (non-hydrogen) atoms. The fraction of sp³-hybridized carbons (Fsp3) is 0.188. The summed E-state index contributed by atoms with van der Waals surface area (Å²) >= 11 is 0. The van der Waals surface area contributed by atoms with Gasteiger partial charge in [0, 0.05) is 11.8 Å². The maximum atomic E-state index is 12.6. The summed E-state index contributed by atoms with van der Waals surface area (Å²) in [5.41, 5.74) is 1.17. The Hall–Kier alpha value is -2.69. The highest BCUT2D eigenvalue weighted by Crippen LogP contribution is 2.26. The molecule has 0 fully saturated rings. The zero-order valence-electron chi connectivity index (χ0n) is 11.4. The van der Waals surface area contributed by atoms with Gasteiger partial charge in [-0.2, -0.15) is 0 Å². The molecular formula is C16H13NO4. The van der Waals surface area contributed by atoms with Crippen LogP contribution in [0.15, 0.2) is 29.1 Å². The number of carboxylic acids is 1. The van der Waals surface area contributed by atoms with E-state index in [0.29, 0.717) is 17.3 Å². The lowest BCUT2D eigenvalue weighted by Crippen LogP contribution is -2.24. The number of rotatable bonds is 2. The van der Waals surface area contributed by atoms with Gasteiger partial charge in [-0.1, -0.05) is 25.1 Å². The molecule has 0 spiro atoms. The highest BCUT2D eigenvalue weighted by Gasteiger charge is 2.27. The number of aliphatic carboxylic acids is 1. The minimum Gasteiger partial charge on any atom is -0.478 e. The molecule has 1 aliphatic rings. The number of H-pyrrole nitrogens is 1. The summed E-state index contributed by atoms with van der Waals surface area (Å²) in [4.78, 5) is 38.9. The van der Waals surface area contributed by atoms with E-state index in [0.717, 1.165) is 5.56 Å². The number of nitrogens with one attached hydrogen (secondary N) is 1. The molecule has 0 saturated heterocycles. The lowest BCUT2D eigenvalue weighted by Gasteiger charge is -2.16. The molecule has 0 atom stereocenters. The molecule has 1 heterocycles. The van der Waals surface area contributed by atoms with E-state index in [9.17, 15) is 19.5 Å². The molecule has 0 unspecified atom stereocenters. The van der Waals surface area contributed by atoms with Crippen molar-refractivity contribution in [2.75, 3.05) is 0 Å². The van der Waals surface area contributed by atoms with Crippen LogP contribution in [0.2, 0.25) is 0 Å². The van der Waals surface area contributed by atoms with Crippen molar-refractivity contribution in [1.29, 1.82) is 0 Å². The van der Waals surface area contributed by atoms with Gasteiger partial charge in [0.15, 0.2) is 5.78 Å². The van der Waals surface area contributed by atoms with Crippen LogP contribution < -0.4 is 5.43 Å². The van der Waals surface area contributed by atoms with Crippen molar-refractivity contribution in [3.63, 3.8) is 0 Å². The molecule has 1 aromatic carbocycles. The number of aryl methyl sites for hydroxylation is 1. The number of hydrogen-bond donors (Lipinski definition) is 2. The number of carbonyl (C=O) groups excluding carboxylic acids is 1. The van der Waals surface area contributed by atoms with Gasteiger partial charge in [-0.25, -0.2) is 4.79 Å². The molecule has 3 rings (SSSR count). The number of Topliss-reactive ketones (excluding diaryl/α,β-unsaturated/α-hetero) is 1. The topological polar surface area (TPSA) is 87.2 Å². The van der Waals surface area contributed by atoms with Gasteiger partial charge in [0.25, 0.3) is 0 Å². The minimum absolute atomic E-state index is 0.0190. The van der Waals surface area contributed by atoms with Crippen molar-refractivity contribution in [2.45, 2.75) is 19.8 Å². The quantitative estimate of drug-likeness (QED) is 0.884. The SMILES string of the molecule is CCc1cccc2c(=O)c3c([nH]c12)C(C(=O)O)=CCC3=O. The lowest BCUT2D eigenvalue weighted by molar-refractivity contribution is -0.130. The predicted octanol–water partition coefficient (Wildman–Crippen LogP) is 2.14. The Morgan fingerprint density at radius 3 is 2.76 bits per heavy atom. The second-order valence-corrected chi connectivity index (χ2v) is 4.95. The van der Waals surface area contributed by atoms with Crippen LogP contribution >= 0.6 is 0 Å². The summed E-state index contributed by atoms with van der Waals surface area (Å²) in [6, 6.07) is 5.29. The third kappa shape index (κ3) is 1.89. The second kappa shape index (κ2) is 4.70. The Balaban J connectivity index is 2.48. The Labute approximate surface area is 119 Å². The first-order chi connectivity index (χ1) is 10.0. The van der Waals surface area contributed by atoms with Gasteiger partial charge >= 0.3 is 5.97 Å². The molecular weight excluding hydrogens is 270 g/mol. The van der Waals surface area contributed by atoms with Gasteiger partial charge < -0.3 is 10.1 Å². The van der Waals surface area contributed by atoms with Crippen LogP contribution in [0.3, 0.4) is 0 Å². The van der Waals surface area contributed by atoms with Gasteiger partial charge in [0.2, 0.25) is 5.43 Å². The van der Waals surface area contributed by atoms with Crippen molar-refractivity contribution in [2.24, 2.45) is 0 Å². The highest BCUT2D eigenvalue weighted by molar-refractivity contribution is 6.21. The van der Waals surface area contributed by atoms with E-state index < -0.39 is 11.4 Å². The number of aromatic nitrogens is 1. The molecule has 2 aromatic rings. The first-order valence-electron chi connectivity index (χ1n) is 6.69. The van der Waals surface area contributed by atoms with Crippen LogP contribution in [0, 0.1) is 0 Å². The summed E-state index contributed by atoms with van der Waals surface area (Å²) in [5.74, 6) is -1.49. The van der Waals surface area contributed by atoms with Gasteiger partial charge in [-0.05, 0) is 18.1 Å². The molecule has 1 aromatic heterocycles. The Bertz CT molecular complexity index is 874. The number of benzene rings is 1.